The third-order valence-electron chi connectivity index (χ3n) is 4.37. The van der Waals surface area contributed by atoms with Gasteiger partial charge in [0.25, 0.3) is 0 Å². The van der Waals surface area contributed by atoms with Gasteiger partial charge in [0.1, 0.15) is 5.82 Å². The molecule has 0 amide bonds. The smallest absolute Gasteiger partial charge is 0.137 e. The SMILES string of the molecule is CCC1CCCC(O)(Cc2ccc(F)c(Br)c2)CC1. The van der Waals surface area contributed by atoms with Gasteiger partial charge in [-0.3, -0.25) is 0 Å². The molecule has 0 aliphatic heterocycles. The van der Waals surface area contributed by atoms with Crippen molar-refractivity contribution in [3.05, 3.63) is 34.1 Å². The van der Waals surface area contributed by atoms with Gasteiger partial charge in [-0.25, -0.2) is 4.39 Å². The largest absolute Gasteiger partial charge is 0.390 e. The Morgan fingerprint density at radius 1 is 1.37 bits per heavy atom. The first kappa shape index (κ1) is 15.0. The van der Waals surface area contributed by atoms with Gasteiger partial charge in [0.15, 0.2) is 0 Å². The lowest BCUT2D eigenvalue weighted by atomic mass is 9.87. The Bertz CT molecular complexity index is 435. The van der Waals surface area contributed by atoms with Crippen molar-refractivity contribution in [3.8, 4) is 0 Å². The lowest BCUT2D eigenvalue weighted by Crippen LogP contribution is -2.30. The van der Waals surface area contributed by atoms with Crippen LogP contribution in [0.15, 0.2) is 22.7 Å². The zero-order valence-electron chi connectivity index (χ0n) is 11.5. The Kier molecular flexibility index (Phi) is 5.02. The maximum absolute atomic E-state index is 13.2. The molecule has 1 aromatic rings. The molecule has 1 N–H and O–H groups in total. The van der Waals surface area contributed by atoms with E-state index in [2.05, 4.69) is 22.9 Å². The monoisotopic (exact) mass is 328 g/mol. The van der Waals surface area contributed by atoms with E-state index in [4.69, 9.17) is 0 Å². The van der Waals surface area contributed by atoms with E-state index in [1.807, 2.05) is 0 Å². The van der Waals surface area contributed by atoms with E-state index in [-0.39, 0.29) is 5.82 Å². The summed E-state index contributed by atoms with van der Waals surface area (Å²) in [6, 6.07) is 5.03. The van der Waals surface area contributed by atoms with Crippen LogP contribution < -0.4 is 0 Å². The van der Waals surface area contributed by atoms with Gasteiger partial charge in [-0.1, -0.05) is 32.3 Å². The number of rotatable bonds is 3. The van der Waals surface area contributed by atoms with Crippen molar-refractivity contribution in [3.63, 3.8) is 0 Å². The third-order valence-corrected chi connectivity index (χ3v) is 4.97. The summed E-state index contributed by atoms with van der Waals surface area (Å²) in [5, 5.41) is 10.8. The molecule has 1 nitrogen and oxygen atoms in total. The molecule has 3 heteroatoms. The van der Waals surface area contributed by atoms with Crippen LogP contribution in [0.4, 0.5) is 4.39 Å². The Morgan fingerprint density at radius 2 is 2.16 bits per heavy atom. The molecular weight excluding hydrogens is 307 g/mol. The first-order valence-electron chi connectivity index (χ1n) is 7.19. The molecule has 2 atom stereocenters. The molecule has 0 radical (unpaired) electrons. The Balaban J connectivity index is 2.05. The van der Waals surface area contributed by atoms with Crippen molar-refractivity contribution in [2.75, 3.05) is 0 Å². The van der Waals surface area contributed by atoms with Crippen LogP contribution in [0.25, 0.3) is 0 Å². The number of halogens is 2. The molecule has 1 aliphatic carbocycles. The second kappa shape index (κ2) is 6.36. The molecule has 2 unspecified atom stereocenters. The first-order valence-corrected chi connectivity index (χ1v) is 7.98. The summed E-state index contributed by atoms with van der Waals surface area (Å²) < 4.78 is 13.7. The van der Waals surface area contributed by atoms with Gasteiger partial charge in [-0.15, -0.1) is 0 Å². The molecule has 0 saturated heterocycles. The number of aliphatic hydroxyl groups is 1. The predicted molar refractivity (Wildman–Crippen MR) is 79.6 cm³/mol. The molecule has 1 fully saturated rings. The van der Waals surface area contributed by atoms with E-state index >= 15 is 0 Å². The summed E-state index contributed by atoms with van der Waals surface area (Å²) in [4.78, 5) is 0. The lowest BCUT2D eigenvalue weighted by molar-refractivity contribution is 0.0241. The van der Waals surface area contributed by atoms with E-state index in [1.165, 1.54) is 18.9 Å². The fourth-order valence-corrected chi connectivity index (χ4v) is 3.50. The van der Waals surface area contributed by atoms with E-state index in [0.29, 0.717) is 10.9 Å². The maximum atomic E-state index is 13.2. The van der Waals surface area contributed by atoms with Crippen LogP contribution in [0.2, 0.25) is 0 Å². The molecule has 0 heterocycles. The van der Waals surface area contributed by atoms with Crippen LogP contribution in [0.1, 0.15) is 51.0 Å². The second-order valence-electron chi connectivity index (χ2n) is 5.85. The summed E-state index contributed by atoms with van der Waals surface area (Å²) in [7, 11) is 0. The molecule has 1 aliphatic rings. The normalized spacial score (nSPS) is 28.1. The number of hydrogen-bond donors (Lipinski definition) is 1. The minimum Gasteiger partial charge on any atom is -0.390 e. The summed E-state index contributed by atoms with van der Waals surface area (Å²) in [5.41, 5.74) is 0.395. The Hall–Kier alpha value is -0.410. The highest BCUT2D eigenvalue weighted by Gasteiger charge is 2.30. The van der Waals surface area contributed by atoms with Gasteiger partial charge in [0.05, 0.1) is 10.1 Å². The number of hydrogen-bond acceptors (Lipinski definition) is 1. The van der Waals surface area contributed by atoms with Crippen molar-refractivity contribution >= 4 is 15.9 Å². The highest BCUT2D eigenvalue weighted by atomic mass is 79.9. The average molecular weight is 329 g/mol. The molecule has 19 heavy (non-hydrogen) atoms. The van der Waals surface area contributed by atoms with Crippen molar-refractivity contribution in [2.45, 2.75) is 57.5 Å². The lowest BCUT2D eigenvalue weighted by Gasteiger charge is -2.27. The molecular formula is C16H22BrFO. The number of benzene rings is 1. The predicted octanol–water partition coefficient (Wildman–Crippen LogP) is 4.85. The van der Waals surface area contributed by atoms with Gasteiger partial charge >= 0.3 is 0 Å². The minimum absolute atomic E-state index is 0.248. The summed E-state index contributed by atoms with van der Waals surface area (Å²) >= 11 is 3.21. The van der Waals surface area contributed by atoms with Crippen LogP contribution in [0.5, 0.6) is 0 Å². The van der Waals surface area contributed by atoms with Crippen LogP contribution >= 0.6 is 15.9 Å². The van der Waals surface area contributed by atoms with Crippen molar-refractivity contribution < 1.29 is 9.50 Å². The summed E-state index contributed by atoms with van der Waals surface area (Å²) in [6.45, 7) is 2.23. The topological polar surface area (TPSA) is 20.2 Å². The average Bonchev–Trinajstić information content (AvgIpc) is 2.56. The Labute approximate surface area is 123 Å². The van der Waals surface area contributed by atoms with Crippen LogP contribution in [-0.4, -0.2) is 10.7 Å². The van der Waals surface area contributed by atoms with E-state index in [1.54, 1.807) is 12.1 Å². The fourth-order valence-electron chi connectivity index (χ4n) is 3.08. The fraction of sp³-hybridized carbons (Fsp3) is 0.625. The van der Waals surface area contributed by atoms with E-state index in [0.717, 1.165) is 37.2 Å². The molecule has 0 aromatic heterocycles. The molecule has 1 aromatic carbocycles. The van der Waals surface area contributed by atoms with Gasteiger partial charge in [0, 0.05) is 6.42 Å². The van der Waals surface area contributed by atoms with Crippen LogP contribution in [0, 0.1) is 11.7 Å². The van der Waals surface area contributed by atoms with Crippen LogP contribution in [-0.2, 0) is 6.42 Å². The van der Waals surface area contributed by atoms with Gasteiger partial charge < -0.3 is 5.11 Å². The standard InChI is InChI=1S/C16H22BrFO/c1-2-12-4-3-8-16(19,9-7-12)11-13-5-6-15(18)14(17)10-13/h5-6,10,12,19H,2-4,7-9,11H2,1H3. The summed E-state index contributed by atoms with van der Waals surface area (Å²) in [6.07, 6.45) is 6.98. The zero-order valence-corrected chi connectivity index (χ0v) is 13.0. The summed E-state index contributed by atoms with van der Waals surface area (Å²) in [5.74, 6) is 0.511. The Morgan fingerprint density at radius 3 is 2.84 bits per heavy atom. The van der Waals surface area contributed by atoms with E-state index < -0.39 is 5.60 Å². The molecule has 1 saturated carbocycles. The second-order valence-corrected chi connectivity index (χ2v) is 6.71. The third kappa shape index (κ3) is 4.03. The van der Waals surface area contributed by atoms with Gasteiger partial charge in [0.2, 0.25) is 0 Å². The molecule has 106 valence electrons. The molecule has 2 rings (SSSR count). The molecule has 0 bridgehead atoms. The van der Waals surface area contributed by atoms with E-state index in [9.17, 15) is 9.50 Å². The van der Waals surface area contributed by atoms with Crippen LogP contribution in [0.3, 0.4) is 0 Å². The van der Waals surface area contributed by atoms with Crippen molar-refractivity contribution in [1.82, 2.24) is 0 Å². The minimum atomic E-state index is -0.610. The van der Waals surface area contributed by atoms with Gasteiger partial charge in [-0.2, -0.15) is 0 Å². The zero-order chi connectivity index (χ0) is 13.9. The maximum Gasteiger partial charge on any atom is 0.137 e. The first-order chi connectivity index (χ1) is 9.02. The van der Waals surface area contributed by atoms with Gasteiger partial charge in [-0.05, 0) is 58.8 Å². The highest BCUT2D eigenvalue weighted by Crippen LogP contribution is 2.34. The van der Waals surface area contributed by atoms with Crippen molar-refractivity contribution in [1.29, 1.82) is 0 Å². The highest BCUT2D eigenvalue weighted by molar-refractivity contribution is 9.10. The molecule has 0 spiro atoms. The quantitative estimate of drug-likeness (QED) is 0.786. The van der Waals surface area contributed by atoms with Crippen molar-refractivity contribution in [2.24, 2.45) is 5.92 Å².